The van der Waals surface area contributed by atoms with Gasteiger partial charge in [-0.25, -0.2) is 0 Å². The van der Waals surface area contributed by atoms with Gasteiger partial charge in [0.2, 0.25) is 0 Å². The van der Waals surface area contributed by atoms with E-state index in [1.807, 2.05) is 0 Å². The van der Waals surface area contributed by atoms with Gasteiger partial charge in [-0.05, 0) is 80.2 Å². The average molecular weight is 536 g/mol. The number of rotatable bonds is 3. The highest BCUT2D eigenvalue weighted by molar-refractivity contribution is 6.22. The van der Waals surface area contributed by atoms with Crippen molar-refractivity contribution in [3.63, 3.8) is 0 Å². The van der Waals surface area contributed by atoms with Gasteiger partial charge in [0.15, 0.2) is 0 Å². The van der Waals surface area contributed by atoms with E-state index in [2.05, 4.69) is 157 Å². The fraction of sp³-hybridized carbons (Fsp3) is 0. The zero-order valence-corrected chi connectivity index (χ0v) is 22.8. The summed E-state index contributed by atoms with van der Waals surface area (Å²) in [6, 6.07) is 54.3. The molecule has 8 aromatic carbocycles. The molecule has 2 nitrogen and oxygen atoms in total. The van der Waals surface area contributed by atoms with Crippen molar-refractivity contribution < 1.29 is 4.42 Å². The van der Waals surface area contributed by atoms with Crippen LogP contribution in [0.5, 0.6) is 0 Å². The Kier molecular flexibility index (Phi) is 4.93. The van der Waals surface area contributed by atoms with Crippen LogP contribution in [-0.4, -0.2) is 0 Å². The van der Waals surface area contributed by atoms with Gasteiger partial charge >= 0.3 is 0 Å². The Labute approximate surface area is 242 Å². The molecule has 0 radical (unpaired) electrons. The summed E-state index contributed by atoms with van der Waals surface area (Å²) in [5.74, 6) is 0. The highest BCUT2D eigenvalue weighted by Gasteiger charge is 2.20. The van der Waals surface area contributed by atoms with Crippen LogP contribution in [0.3, 0.4) is 0 Å². The monoisotopic (exact) mass is 535 g/mol. The minimum atomic E-state index is 0.886. The molecule has 1 heterocycles. The second kappa shape index (κ2) is 8.95. The van der Waals surface area contributed by atoms with E-state index in [9.17, 15) is 0 Å². The first-order valence-electron chi connectivity index (χ1n) is 14.4. The topological polar surface area (TPSA) is 16.4 Å². The van der Waals surface area contributed by atoms with Crippen LogP contribution in [0.15, 0.2) is 156 Å². The highest BCUT2D eigenvalue weighted by Crippen LogP contribution is 2.45. The second-order valence-corrected chi connectivity index (χ2v) is 10.9. The average Bonchev–Trinajstić information content (AvgIpc) is 3.45. The van der Waals surface area contributed by atoms with Crippen molar-refractivity contribution in [1.82, 2.24) is 0 Å². The zero-order chi connectivity index (χ0) is 27.6. The molecule has 0 saturated carbocycles. The van der Waals surface area contributed by atoms with E-state index >= 15 is 0 Å². The molecule has 2 heteroatoms. The van der Waals surface area contributed by atoms with Crippen molar-refractivity contribution in [2.24, 2.45) is 0 Å². The van der Waals surface area contributed by atoms with Crippen molar-refractivity contribution in [3.05, 3.63) is 152 Å². The van der Waals surface area contributed by atoms with Crippen LogP contribution in [0.25, 0.3) is 65.0 Å². The van der Waals surface area contributed by atoms with Crippen molar-refractivity contribution in [3.8, 4) is 0 Å². The largest absolute Gasteiger partial charge is 0.455 e. The van der Waals surface area contributed by atoms with Crippen LogP contribution >= 0.6 is 0 Å². The van der Waals surface area contributed by atoms with E-state index in [4.69, 9.17) is 4.42 Å². The first kappa shape index (κ1) is 23.1. The van der Waals surface area contributed by atoms with Crippen LogP contribution in [0.2, 0.25) is 0 Å². The Balaban J connectivity index is 1.37. The lowest BCUT2D eigenvalue weighted by Gasteiger charge is -2.26. The molecule has 0 bridgehead atoms. The first-order valence-corrected chi connectivity index (χ1v) is 14.4. The number of para-hydroxylation sites is 1. The van der Waals surface area contributed by atoms with Gasteiger partial charge in [0.25, 0.3) is 0 Å². The maximum Gasteiger partial charge on any atom is 0.143 e. The Morgan fingerprint density at radius 2 is 1.02 bits per heavy atom. The lowest BCUT2D eigenvalue weighted by Crippen LogP contribution is -2.10. The molecule has 9 aromatic rings. The van der Waals surface area contributed by atoms with E-state index in [0.717, 1.165) is 44.4 Å². The van der Waals surface area contributed by atoms with Crippen LogP contribution in [0, 0.1) is 0 Å². The molecule has 0 atom stereocenters. The van der Waals surface area contributed by atoms with Crippen molar-refractivity contribution in [2.75, 3.05) is 4.90 Å². The van der Waals surface area contributed by atoms with Crippen LogP contribution in [0.1, 0.15) is 0 Å². The summed E-state index contributed by atoms with van der Waals surface area (Å²) in [5.41, 5.74) is 5.12. The number of anilines is 3. The predicted molar refractivity (Wildman–Crippen MR) is 178 cm³/mol. The number of hydrogen-bond donors (Lipinski definition) is 0. The van der Waals surface area contributed by atoms with E-state index in [1.54, 1.807) is 0 Å². The zero-order valence-electron chi connectivity index (χ0n) is 22.8. The molecule has 0 fully saturated rings. The van der Waals surface area contributed by atoms with Gasteiger partial charge in [-0.1, -0.05) is 109 Å². The fourth-order valence-corrected chi connectivity index (χ4v) is 6.68. The van der Waals surface area contributed by atoms with Gasteiger partial charge < -0.3 is 9.32 Å². The lowest BCUT2D eigenvalue weighted by atomic mass is 9.96. The van der Waals surface area contributed by atoms with Crippen LogP contribution < -0.4 is 4.90 Å². The number of nitrogens with zero attached hydrogens (tertiary/aromatic N) is 1. The molecule has 42 heavy (non-hydrogen) atoms. The van der Waals surface area contributed by atoms with Gasteiger partial charge in [-0.2, -0.15) is 0 Å². The van der Waals surface area contributed by atoms with Crippen LogP contribution in [0.4, 0.5) is 17.1 Å². The molecule has 0 spiro atoms. The van der Waals surface area contributed by atoms with Gasteiger partial charge in [0, 0.05) is 22.1 Å². The van der Waals surface area contributed by atoms with E-state index in [1.165, 1.54) is 37.7 Å². The molecule has 0 unspecified atom stereocenters. The molecule has 0 N–H and O–H groups in total. The number of furan rings is 1. The Morgan fingerprint density at radius 3 is 1.86 bits per heavy atom. The standard InChI is InChI=1S/C40H25NO/c1-2-11-30(12-3-1)41(36-15-8-16-37-39(36)34-24-22-27-10-5-7-14-33(27)40(34)42-37)31-23-21-28-18-20-29-19-17-26-9-4-6-13-32(26)38(29)35(28)25-31/h1-25H. The summed E-state index contributed by atoms with van der Waals surface area (Å²) in [6.07, 6.45) is 0. The fourth-order valence-electron chi connectivity index (χ4n) is 6.68. The number of fused-ring (bicyclic) bond motifs is 10. The van der Waals surface area contributed by atoms with Crippen molar-refractivity contribution in [1.29, 1.82) is 0 Å². The SMILES string of the molecule is c1ccc(N(c2ccc3ccc4ccc5ccccc5c4c3c2)c2cccc3oc4c5ccccc5ccc4c23)cc1. The van der Waals surface area contributed by atoms with Crippen molar-refractivity contribution >= 4 is 82.1 Å². The molecule has 0 aliphatic rings. The maximum absolute atomic E-state index is 6.58. The summed E-state index contributed by atoms with van der Waals surface area (Å²) in [5, 5.41) is 12.1. The van der Waals surface area contributed by atoms with Gasteiger partial charge in [-0.3, -0.25) is 0 Å². The van der Waals surface area contributed by atoms with E-state index in [-0.39, 0.29) is 0 Å². The first-order chi connectivity index (χ1) is 20.8. The minimum absolute atomic E-state index is 0.886. The van der Waals surface area contributed by atoms with Gasteiger partial charge in [0.05, 0.1) is 11.1 Å². The number of benzene rings is 8. The summed E-state index contributed by atoms with van der Waals surface area (Å²) in [7, 11) is 0. The quantitative estimate of drug-likeness (QED) is 0.209. The Hall–Kier alpha value is -5.60. The van der Waals surface area contributed by atoms with Gasteiger partial charge in [0.1, 0.15) is 11.2 Å². The number of hydrogen-bond acceptors (Lipinski definition) is 2. The van der Waals surface area contributed by atoms with E-state index in [0.29, 0.717) is 0 Å². The molecule has 0 amide bonds. The third kappa shape index (κ3) is 3.39. The highest BCUT2D eigenvalue weighted by atomic mass is 16.3. The molecule has 1 aromatic heterocycles. The summed E-state index contributed by atoms with van der Waals surface area (Å²) in [6.45, 7) is 0. The third-order valence-corrected chi connectivity index (χ3v) is 8.59. The Morgan fingerprint density at radius 1 is 0.381 bits per heavy atom. The molecule has 0 aliphatic carbocycles. The normalized spacial score (nSPS) is 11.8. The summed E-state index contributed by atoms with van der Waals surface area (Å²) in [4.78, 5) is 2.37. The van der Waals surface area contributed by atoms with Crippen molar-refractivity contribution in [2.45, 2.75) is 0 Å². The van der Waals surface area contributed by atoms with Gasteiger partial charge in [-0.15, -0.1) is 0 Å². The van der Waals surface area contributed by atoms with Crippen LogP contribution in [-0.2, 0) is 0 Å². The smallest absolute Gasteiger partial charge is 0.143 e. The molecule has 196 valence electrons. The predicted octanol–water partition coefficient (Wildman–Crippen LogP) is 11.7. The second-order valence-electron chi connectivity index (χ2n) is 10.9. The Bertz CT molecular complexity index is 2470. The molecular formula is C40H25NO. The third-order valence-electron chi connectivity index (χ3n) is 8.59. The molecule has 9 rings (SSSR count). The molecule has 0 saturated heterocycles. The van der Waals surface area contributed by atoms with E-state index < -0.39 is 0 Å². The minimum Gasteiger partial charge on any atom is -0.455 e. The summed E-state index contributed by atoms with van der Waals surface area (Å²) >= 11 is 0. The molecular weight excluding hydrogens is 510 g/mol. The maximum atomic E-state index is 6.58. The summed E-state index contributed by atoms with van der Waals surface area (Å²) < 4.78 is 6.58. The molecule has 0 aliphatic heterocycles. The lowest BCUT2D eigenvalue weighted by molar-refractivity contribution is 0.672.